The van der Waals surface area contributed by atoms with E-state index in [2.05, 4.69) is 20.5 Å². The maximum Gasteiger partial charge on any atom is 0.350 e. The van der Waals surface area contributed by atoms with Crippen molar-refractivity contribution in [2.24, 2.45) is 0 Å². The van der Waals surface area contributed by atoms with Crippen LogP contribution >= 0.6 is 23.1 Å². The highest BCUT2D eigenvalue weighted by Crippen LogP contribution is 2.27. The average Bonchev–Trinajstić information content (AvgIpc) is 3.35. The molecule has 1 N–H and O–H groups in total. The lowest BCUT2D eigenvalue weighted by Gasteiger charge is -2.13. The number of nitrogens with one attached hydrogen (secondary N) is 1. The minimum absolute atomic E-state index is 0.144. The van der Waals surface area contributed by atoms with E-state index in [0.717, 1.165) is 28.4 Å². The summed E-state index contributed by atoms with van der Waals surface area (Å²) in [5.41, 5.74) is 2.60. The van der Waals surface area contributed by atoms with Gasteiger partial charge in [0.15, 0.2) is 16.1 Å². The van der Waals surface area contributed by atoms with Gasteiger partial charge in [-0.15, -0.1) is 10.2 Å². The molecule has 1 amide bonds. The van der Waals surface area contributed by atoms with Crippen molar-refractivity contribution < 1.29 is 14.3 Å². The van der Waals surface area contributed by atoms with Crippen LogP contribution in [0.2, 0.25) is 0 Å². The van der Waals surface area contributed by atoms with E-state index in [4.69, 9.17) is 4.74 Å². The van der Waals surface area contributed by atoms with Crippen LogP contribution in [-0.2, 0) is 16.1 Å². The molecule has 11 heteroatoms. The highest BCUT2D eigenvalue weighted by molar-refractivity contribution is 7.99. The third-order valence-corrected chi connectivity index (χ3v) is 6.53. The van der Waals surface area contributed by atoms with Crippen LogP contribution in [0.3, 0.4) is 0 Å². The predicted octanol–water partition coefficient (Wildman–Crippen LogP) is 3.70. The minimum Gasteiger partial charge on any atom is -0.462 e. The Labute approximate surface area is 195 Å². The maximum absolute atomic E-state index is 12.4. The van der Waals surface area contributed by atoms with Gasteiger partial charge in [-0.2, -0.15) is 0 Å². The first kappa shape index (κ1) is 23.7. The quantitative estimate of drug-likeness (QED) is 0.370. The van der Waals surface area contributed by atoms with Crippen LogP contribution in [0.15, 0.2) is 29.4 Å². The zero-order chi connectivity index (χ0) is 23.3. The summed E-state index contributed by atoms with van der Waals surface area (Å²) < 4.78 is 6.99. The molecule has 0 saturated carbocycles. The number of benzene rings is 1. The lowest BCUT2D eigenvalue weighted by atomic mass is 10.2. The van der Waals surface area contributed by atoms with Crippen molar-refractivity contribution in [3.63, 3.8) is 0 Å². The molecular weight excluding hydrogens is 448 g/mol. The first-order valence-corrected chi connectivity index (χ1v) is 11.9. The summed E-state index contributed by atoms with van der Waals surface area (Å²) in [6, 6.07) is 8.09. The second kappa shape index (κ2) is 10.6. The Hall–Kier alpha value is -2.92. The van der Waals surface area contributed by atoms with Gasteiger partial charge in [-0.25, -0.2) is 9.78 Å². The smallest absolute Gasteiger partial charge is 0.350 e. The average molecular weight is 475 g/mol. The van der Waals surface area contributed by atoms with Crippen LogP contribution < -0.4 is 10.2 Å². The monoisotopic (exact) mass is 474 g/mol. The number of hydrogen-bond acceptors (Lipinski definition) is 9. The van der Waals surface area contributed by atoms with E-state index in [0.29, 0.717) is 27.4 Å². The molecule has 0 aliphatic rings. The van der Waals surface area contributed by atoms with Crippen molar-refractivity contribution in [1.82, 2.24) is 19.7 Å². The summed E-state index contributed by atoms with van der Waals surface area (Å²) in [5.74, 6) is 0.238. The number of esters is 1. The third-order valence-electron chi connectivity index (χ3n) is 4.51. The van der Waals surface area contributed by atoms with Gasteiger partial charge >= 0.3 is 5.97 Å². The fourth-order valence-electron chi connectivity index (χ4n) is 2.92. The van der Waals surface area contributed by atoms with Gasteiger partial charge in [0.1, 0.15) is 4.88 Å². The van der Waals surface area contributed by atoms with E-state index in [1.807, 2.05) is 54.8 Å². The van der Waals surface area contributed by atoms with Gasteiger partial charge in [0.25, 0.3) is 0 Å². The molecule has 0 unspecified atom stereocenters. The van der Waals surface area contributed by atoms with Gasteiger partial charge in [0, 0.05) is 31.9 Å². The number of aromatic nitrogens is 4. The second-order valence-electron chi connectivity index (χ2n) is 6.98. The zero-order valence-corrected chi connectivity index (χ0v) is 20.3. The van der Waals surface area contributed by atoms with Crippen LogP contribution in [-0.4, -0.2) is 58.1 Å². The van der Waals surface area contributed by atoms with Crippen LogP contribution in [0.5, 0.6) is 0 Å². The van der Waals surface area contributed by atoms with E-state index < -0.39 is 5.97 Å². The summed E-state index contributed by atoms with van der Waals surface area (Å²) >= 11 is 2.41. The fourth-order valence-corrected chi connectivity index (χ4v) is 4.60. The second-order valence-corrected chi connectivity index (χ2v) is 8.92. The zero-order valence-electron chi connectivity index (χ0n) is 18.7. The molecule has 0 radical (unpaired) electrons. The largest absolute Gasteiger partial charge is 0.462 e. The Morgan fingerprint density at radius 2 is 1.91 bits per heavy atom. The normalized spacial score (nSPS) is 10.8. The molecule has 0 atom stereocenters. The van der Waals surface area contributed by atoms with Crippen molar-refractivity contribution in [1.29, 1.82) is 0 Å². The van der Waals surface area contributed by atoms with E-state index >= 15 is 0 Å². The molecule has 0 aliphatic heterocycles. The summed E-state index contributed by atoms with van der Waals surface area (Å²) in [4.78, 5) is 31.0. The summed E-state index contributed by atoms with van der Waals surface area (Å²) in [6.45, 7) is 6.43. The minimum atomic E-state index is -0.431. The number of amides is 1. The topological polar surface area (TPSA) is 102 Å². The molecule has 32 heavy (non-hydrogen) atoms. The molecule has 0 aliphatic carbocycles. The van der Waals surface area contributed by atoms with Crippen LogP contribution in [0, 0.1) is 6.92 Å². The fraction of sp³-hybridized carbons (Fsp3) is 0.381. The predicted molar refractivity (Wildman–Crippen MR) is 128 cm³/mol. The number of hydrogen-bond donors (Lipinski definition) is 1. The number of thioether (sulfide) groups is 1. The Balaban J connectivity index is 1.65. The van der Waals surface area contributed by atoms with Crippen molar-refractivity contribution >= 4 is 45.8 Å². The number of carbonyl (C=O) groups excluding carboxylic acids is 2. The number of rotatable bonds is 9. The highest BCUT2D eigenvalue weighted by atomic mass is 32.2. The Bertz CT molecular complexity index is 1090. The molecule has 0 fully saturated rings. The molecule has 3 rings (SSSR count). The third kappa shape index (κ3) is 5.46. The van der Waals surface area contributed by atoms with Crippen LogP contribution in [0.1, 0.15) is 29.2 Å². The first-order chi connectivity index (χ1) is 15.3. The standard InChI is InChI=1S/C21H26N6O3S2/c1-6-27-18(14-8-10-15(11-9-14)26(4)5)24-25-21(27)31-12-16(28)23-20-22-13(3)17(32-20)19(29)30-7-2/h8-11H,6-7,12H2,1-5H3,(H,22,23,28). The molecule has 2 aromatic heterocycles. The highest BCUT2D eigenvalue weighted by Gasteiger charge is 2.19. The van der Waals surface area contributed by atoms with Crippen LogP contribution in [0.25, 0.3) is 11.4 Å². The molecule has 9 nitrogen and oxygen atoms in total. The SMILES string of the molecule is CCOC(=O)c1sc(NC(=O)CSc2nnc(-c3ccc(N(C)C)cc3)n2CC)nc1C. The molecule has 2 heterocycles. The summed E-state index contributed by atoms with van der Waals surface area (Å²) in [7, 11) is 3.99. The Morgan fingerprint density at radius 3 is 2.53 bits per heavy atom. The Morgan fingerprint density at radius 1 is 1.19 bits per heavy atom. The molecule has 3 aromatic rings. The lowest BCUT2D eigenvalue weighted by Crippen LogP contribution is -2.14. The van der Waals surface area contributed by atoms with Crippen molar-refractivity contribution in [2.75, 3.05) is 36.7 Å². The number of aryl methyl sites for hydroxylation is 1. The maximum atomic E-state index is 12.4. The van der Waals surface area contributed by atoms with Gasteiger partial charge in [0.05, 0.1) is 18.1 Å². The summed E-state index contributed by atoms with van der Waals surface area (Å²) in [5, 5.41) is 12.4. The number of carbonyl (C=O) groups is 2. The lowest BCUT2D eigenvalue weighted by molar-refractivity contribution is -0.113. The molecule has 170 valence electrons. The molecule has 0 bridgehead atoms. The number of nitrogens with zero attached hydrogens (tertiary/aromatic N) is 5. The van der Waals surface area contributed by atoms with Gasteiger partial charge in [-0.3, -0.25) is 4.79 Å². The van der Waals surface area contributed by atoms with Gasteiger partial charge in [0.2, 0.25) is 5.91 Å². The molecule has 0 spiro atoms. The van der Waals surface area contributed by atoms with Crippen LogP contribution in [0.4, 0.5) is 10.8 Å². The van der Waals surface area contributed by atoms with Gasteiger partial charge in [-0.1, -0.05) is 23.1 Å². The summed E-state index contributed by atoms with van der Waals surface area (Å²) in [6.07, 6.45) is 0. The van der Waals surface area contributed by atoms with E-state index in [1.165, 1.54) is 11.8 Å². The number of thiazole rings is 1. The molecular formula is C21H26N6O3S2. The van der Waals surface area contributed by atoms with Gasteiger partial charge < -0.3 is 19.5 Å². The van der Waals surface area contributed by atoms with E-state index in [-0.39, 0.29) is 18.3 Å². The number of anilines is 2. The van der Waals surface area contributed by atoms with Crippen molar-refractivity contribution in [2.45, 2.75) is 32.5 Å². The Kier molecular flexibility index (Phi) is 7.86. The van der Waals surface area contributed by atoms with E-state index in [1.54, 1.807) is 13.8 Å². The van der Waals surface area contributed by atoms with Crippen molar-refractivity contribution in [3.05, 3.63) is 34.8 Å². The number of ether oxygens (including phenoxy) is 1. The van der Waals surface area contributed by atoms with Gasteiger partial charge in [-0.05, 0) is 45.0 Å². The molecule has 1 aromatic carbocycles. The van der Waals surface area contributed by atoms with Crippen molar-refractivity contribution in [3.8, 4) is 11.4 Å². The molecule has 0 saturated heterocycles. The first-order valence-electron chi connectivity index (χ1n) is 10.1. The van der Waals surface area contributed by atoms with E-state index in [9.17, 15) is 9.59 Å².